The van der Waals surface area contributed by atoms with Crippen molar-refractivity contribution in [2.75, 3.05) is 7.11 Å². The van der Waals surface area contributed by atoms with Crippen LogP contribution < -0.4 is 0 Å². The average Bonchev–Trinajstić information content (AvgIpc) is 3.08. The summed E-state index contributed by atoms with van der Waals surface area (Å²) in [6.07, 6.45) is 18.8. The van der Waals surface area contributed by atoms with E-state index in [9.17, 15) is 5.11 Å². The minimum atomic E-state index is -0.496. The van der Waals surface area contributed by atoms with E-state index in [-0.39, 0.29) is 0 Å². The monoisotopic (exact) mass is 432 g/mol. The fourth-order valence-electron chi connectivity index (χ4n) is 8.36. The van der Waals surface area contributed by atoms with Crippen molar-refractivity contribution in [3.63, 3.8) is 0 Å². The van der Waals surface area contributed by atoms with Crippen LogP contribution in [0, 0.1) is 34.5 Å². The van der Waals surface area contributed by atoms with Gasteiger partial charge in [0.25, 0.3) is 0 Å². The molecular weight excluding hydrogens is 380 g/mol. The van der Waals surface area contributed by atoms with Gasteiger partial charge < -0.3 is 9.84 Å². The van der Waals surface area contributed by atoms with E-state index in [1.807, 2.05) is 34.8 Å². The lowest BCUT2D eigenvalue weighted by molar-refractivity contribution is -0.0543. The normalized spacial score (nSPS) is 41.9. The fraction of sp³-hybridized carbons (Fsp3) is 0.931. The Morgan fingerprint density at radius 3 is 2.45 bits per heavy atom. The standard InChI is InChI=1S/C27H46O2.C2H6/c1-25(2,28)15-7-6-8-19-10-12-23-22-11-9-20-18-21(29-5)13-16-27(20,4)24(22)14-17-26(19,23)3;1-2/h9,19,21-24,28H,6-8,10-18H2,1-5H3;1-2H3. The zero-order valence-corrected chi connectivity index (χ0v) is 21.8. The highest BCUT2D eigenvalue weighted by Gasteiger charge is 2.58. The summed E-state index contributed by atoms with van der Waals surface area (Å²) in [4.78, 5) is 0. The van der Waals surface area contributed by atoms with Gasteiger partial charge in [0.2, 0.25) is 0 Å². The summed E-state index contributed by atoms with van der Waals surface area (Å²) in [5.74, 6) is 3.68. The number of rotatable bonds is 6. The molecule has 4 rings (SSSR count). The SMILES string of the molecule is CC.COC1CCC2(C)C(=CCC3C2CCC2(C)C(CCCCC(C)(C)O)CCC32)C1. The quantitative estimate of drug-likeness (QED) is 0.341. The molecule has 0 bridgehead atoms. The molecule has 7 atom stereocenters. The molecule has 0 saturated heterocycles. The third kappa shape index (κ3) is 4.96. The molecule has 1 N–H and O–H groups in total. The van der Waals surface area contributed by atoms with Crippen LogP contribution in [-0.2, 0) is 4.74 Å². The Bertz CT molecular complexity index is 617. The first-order valence-electron chi connectivity index (χ1n) is 13.6. The van der Waals surface area contributed by atoms with Gasteiger partial charge in [-0.2, -0.15) is 0 Å². The molecule has 0 aliphatic heterocycles. The van der Waals surface area contributed by atoms with Gasteiger partial charge in [-0.3, -0.25) is 0 Å². The van der Waals surface area contributed by atoms with Gasteiger partial charge in [0, 0.05) is 7.11 Å². The molecule has 3 saturated carbocycles. The van der Waals surface area contributed by atoms with Gasteiger partial charge in [-0.25, -0.2) is 0 Å². The number of unbranched alkanes of at least 4 members (excludes halogenated alkanes) is 1. The first kappa shape index (κ1) is 25.3. The number of fused-ring (bicyclic) bond motifs is 5. The van der Waals surface area contributed by atoms with E-state index in [0.717, 1.165) is 30.1 Å². The van der Waals surface area contributed by atoms with Crippen LogP contribution in [0.2, 0.25) is 0 Å². The van der Waals surface area contributed by atoms with E-state index < -0.39 is 5.60 Å². The maximum absolute atomic E-state index is 10.0. The second-order valence-corrected chi connectivity index (χ2v) is 12.2. The second-order valence-electron chi connectivity index (χ2n) is 12.2. The fourth-order valence-corrected chi connectivity index (χ4v) is 8.36. The molecule has 180 valence electrons. The molecule has 0 heterocycles. The predicted molar refractivity (Wildman–Crippen MR) is 132 cm³/mol. The Labute approximate surface area is 193 Å². The summed E-state index contributed by atoms with van der Waals surface area (Å²) in [6.45, 7) is 13.2. The highest BCUT2D eigenvalue weighted by Crippen LogP contribution is 2.66. The predicted octanol–water partition coefficient (Wildman–Crippen LogP) is 7.94. The van der Waals surface area contributed by atoms with Gasteiger partial charge in [-0.1, -0.05) is 52.2 Å². The number of ether oxygens (including phenoxy) is 1. The first-order valence-corrected chi connectivity index (χ1v) is 13.6. The number of hydrogen-bond donors (Lipinski definition) is 1. The molecule has 2 heteroatoms. The van der Waals surface area contributed by atoms with Crippen LogP contribution in [0.15, 0.2) is 11.6 Å². The van der Waals surface area contributed by atoms with E-state index in [2.05, 4.69) is 19.9 Å². The molecule has 3 fully saturated rings. The molecule has 4 aliphatic rings. The van der Waals surface area contributed by atoms with Crippen LogP contribution in [-0.4, -0.2) is 23.9 Å². The summed E-state index contributed by atoms with van der Waals surface area (Å²) in [7, 11) is 1.89. The number of aliphatic hydroxyl groups is 1. The van der Waals surface area contributed by atoms with Crippen LogP contribution in [0.3, 0.4) is 0 Å². The number of hydrogen-bond acceptors (Lipinski definition) is 2. The van der Waals surface area contributed by atoms with Crippen molar-refractivity contribution in [1.29, 1.82) is 0 Å². The van der Waals surface area contributed by atoms with Crippen molar-refractivity contribution in [3.05, 3.63) is 11.6 Å². The molecular formula is C29H52O2. The van der Waals surface area contributed by atoms with Gasteiger partial charge in [0.1, 0.15) is 0 Å². The second kappa shape index (κ2) is 9.88. The lowest BCUT2D eigenvalue weighted by Gasteiger charge is -2.58. The first-order chi connectivity index (χ1) is 14.7. The minimum Gasteiger partial charge on any atom is -0.390 e. The molecule has 0 radical (unpaired) electrons. The lowest BCUT2D eigenvalue weighted by Crippen LogP contribution is -2.50. The summed E-state index contributed by atoms with van der Waals surface area (Å²) in [5.41, 5.74) is 2.26. The van der Waals surface area contributed by atoms with Crippen LogP contribution in [0.1, 0.15) is 119 Å². The van der Waals surface area contributed by atoms with Crippen molar-refractivity contribution in [2.45, 2.75) is 130 Å². The third-order valence-electron chi connectivity index (χ3n) is 10.2. The summed E-state index contributed by atoms with van der Waals surface area (Å²) in [6, 6.07) is 0. The van der Waals surface area contributed by atoms with E-state index >= 15 is 0 Å². The van der Waals surface area contributed by atoms with Gasteiger partial charge in [-0.05, 0) is 113 Å². The smallest absolute Gasteiger partial charge is 0.0608 e. The zero-order chi connectivity index (χ0) is 22.9. The third-order valence-corrected chi connectivity index (χ3v) is 10.2. The van der Waals surface area contributed by atoms with Crippen molar-refractivity contribution < 1.29 is 9.84 Å². The number of methoxy groups -OCH3 is 1. The highest BCUT2D eigenvalue weighted by molar-refractivity contribution is 5.25. The molecule has 0 amide bonds. The van der Waals surface area contributed by atoms with Gasteiger partial charge in [0.15, 0.2) is 0 Å². The molecule has 31 heavy (non-hydrogen) atoms. The van der Waals surface area contributed by atoms with E-state index in [1.54, 1.807) is 5.57 Å². The maximum atomic E-state index is 10.0. The molecule has 0 spiro atoms. The molecule has 2 nitrogen and oxygen atoms in total. The average molecular weight is 433 g/mol. The molecule has 0 aromatic rings. The van der Waals surface area contributed by atoms with E-state index in [0.29, 0.717) is 16.9 Å². The van der Waals surface area contributed by atoms with Crippen molar-refractivity contribution >= 4 is 0 Å². The molecule has 4 aliphatic carbocycles. The Morgan fingerprint density at radius 1 is 1.03 bits per heavy atom. The highest BCUT2D eigenvalue weighted by atomic mass is 16.5. The molecule has 7 unspecified atom stereocenters. The van der Waals surface area contributed by atoms with Crippen molar-refractivity contribution in [3.8, 4) is 0 Å². The van der Waals surface area contributed by atoms with Crippen LogP contribution in [0.5, 0.6) is 0 Å². The van der Waals surface area contributed by atoms with E-state index in [1.165, 1.54) is 70.6 Å². The van der Waals surface area contributed by atoms with Crippen molar-refractivity contribution in [1.82, 2.24) is 0 Å². The van der Waals surface area contributed by atoms with Crippen LogP contribution in [0.25, 0.3) is 0 Å². The lowest BCUT2D eigenvalue weighted by atomic mass is 9.47. The summed E-state index contributed by atoms with van der Waals surface area (Å²) < 4.78 is 5.73. The zero-order valence-electron chi connectivity index (χ0n) is 21.8. The number of allylic oxidation sites excluding steroid dienone is 1. The topological polar surface area (TPSA) is 29.5 Å². The van der Waals surface area contributed by atoms with Crippen LogP contribution in [0.4, 0.5) is 0 Å². The summed E-state index contributed by atoms with van der Waals surface area (Å²) in [5, 5.41) is 10.0. The van der Waals surface area contributed by atoms with Crippen LogP contribution >= 0.6 is 0 Å². The minimum absolute atomic E-state index is 0.448. The van der Waals surface area contributed by atoms with E-state index in [4.69, 9.17) is 4.74 Å². The Kier molecular flexibility index (Phi) is 8.06. The molecule has 0 aromatic heterocycles. The molecule has 0 aromatic carbocycles. The Hall–Kier alpha value is -0.340. The Morgan fingerprint density at radius 2 is 1.77 bits per heavy atom. The van der Waals surface area contributed by atoms with Gasteiger partial charge >= 0.3 is 0 Å². The Balaban J connectivity index is 0.00000132. The van der Waals surface area contributed by atoms with Gasteiger partial charge in [0.05, 0.1) is 11.7 Å². The van der Waals surface area contributed by atoms with Crippen molar-refractivity contribution in [2.24, 2.45) is 34.5 Å². The summed E-state index contributed by atoms with van der Waals surface area (Å²) >= 11 is 0. The largest absolute Gasteiger partial charge is 0.390 e. The van der Waals surface area contributed by atoms with Gasteiger partial charge in [-0.15, -0.1) is 0 Å². The maximum Gasteiger partial charge on any atom is 0.0608 e.